The standard InChI is InChI=1S/C23H40N2/c1-6-17(2)14-25(15-22-9-7-21(13-24)8-10-22)16-23-19(4)11-18(3)12-20(23)5/h11-12,17,21-22H,6-10,13-16,24H2,1-5H3. The van der Waals surface area contributed by atoms with Crippen molar-refractivity contribution in [1.82, 2.24) is 4.90 Å². The molecule has 1 unspecified atom stereocenters. The number of nitrogens with zero attached hydrogens (tertiary/aromatic N) is 1. The highest BCUT2D eigenvalue weighted by Crippen LogP contribution is 2.30. The van der Waals surface area contributed by atoms with Crippen LogP contribution in [0, 0.1) is 38.5 Å². The SMILES string of the molecule is CCC(C)CN(Cc1c(C)cc(C)cc1C)CC1CCC(CN)CC1. The van der Waals surface area contributed by atoms with Crippen molar-refractivity contribution in [2.75, 3.05) is 19.6 Å². The Labute approximate surface area is 156 Å². The lowest BCUT2D eigenvalue weighted by atomic mass is 9.81. The average Bonchev–Trinajstić information content (AvgIpc) is 2.58. The molecule has 1 aliphatic carbocycles. The molecule has 2 nitrogen and oxygen atoms in total. The zero-order chi connectivity index (χ0) is 18.4. The fourth-order valence-corrected chi connectivity index (χ4v) is 4.47. The van der Waals surface area contributed by atoms with E-state index in [2.05, 4.69) is 51.7 Å². The fraction of sp³-hybridized carbons (Fsp3) is 0.739. The van der Waals surface area contributed by atoms with Gasteiger partial charge in [-0.15, -0.1) is 0 Å². The van der Waals surface area contributed by atoms with Gasteiger partial charge in [-0.05, 0) is 87.4 Å². The van der Waals surface area contributed by atoms with Crippen molar-refractivity contribution in [3.05, 3.63) is 34.4 Å². The van der Waals surface area contributed by atoms with Gasteiger partial charge >= 0.3 is 0 Å². The van der Waals surface area contributed by atoms with Crippen molar-refractivity contribution in [3.63, 3.8) is 0 Å². The van der Waals surface area contributed by atoms with Gasteiger partial charge in [-0.25, -0.2) is 0 Å². The maximum atomic E-state index is 5.87. The third-order valence-electron chi connectivity index (χ3n) is 6.30. The first-order chi connectivity index (χ1) is 11.9. The third kappa shape index (κ3) is 6.11. The maximum absolute atomic E-state index is 5.87. The number of nitrogens with two attached hydrogens (primary N) is 1. The summed E-state index contributed by atoms with van der Waals surface area (Å²) in [5.74, 6) is 2.41. The number of hydrogen-bond donors (Lipinski definition) is 1. The Kier molecular flexibility index (Phi) is 7.96. The van der Waals surface area contributed by atoms with Crippen molar-refractivity contribution < 1.29 is 0 Å². The molecule has 1 aromatic carbocycles. The zero-order valence-corrected chi connectivity index (χ0v) is 17.3. The van der Waals surface area contributed by atoms with Crippen LogP contribution in [0.15, 0.2) is 12.1 Å². The molecule has 0 radical (unpaired) electrons. The van der Waals surface area contributed by atoms with E-state index < -0.39 is 0 Å². The van der Waals surface area contributed by atoms with Crippen molar-refractivity contribution in [3.8, 4) is 0 Å². The minimum Gasteiger partial charge on any atom is -0.330 e. The van der Waals surface area contributed by atoms with Gasteiger partial charge in [-0.1, -0.05) is 38.0 Å². The fourth-order valence-electron chi connectivity index (χ4n) is 4.47. The van der Waals surface area contributed by atoms with Crippen molar-refractivity contribution in [1.29, 1.82) is 0 Å². The van der Waals surface area contributed by atoms with Crippen molar-refractivity contribution in [2.45, 2.75) is 73.3 Å². The summed E-state index contributed by atoms with van der Waals surface area (Å²) in [7, 11) is 0. The van der Waals surface area contributed by atoms with Gasteiger partial charge in [-0.2, -0.15) is 0 Å². The monoisotopic (exact) mass is 344 g/mol. The van der Waals surface area contributed by atoms with E-state index in [0.29, 0.717) is 0 Å². The second-order valence-electron chi connectivity index (χ2n) is 8.71. The van der Waals surface area contributed by atoms with E-state index in [-0.39, 0.29) is 0 Å². The van der Waals surface area contributed by atoms with Gasteiger partial charge in [0.2, 0.25) is 0 Å². The number of aryl methyl sites for hydroxylation is 3. The van der Waals surface area contributed by atoms with Crippen LogP contribution >= 0.6 is 0 Å². The first kappa shape index (κ1) is 20.5. The largest absolute Gasteiger partial charge is 0.330 e. The summed E-state index contributed by atoms with van der Waals surface area (Å²) in [5, 5.41) is 0. The number of benzene rings is 1. The maximum Gasteiger partial charge on any atom is 0.0239 e. The van der Waals surface area contributed by atoms with Crippen LogP contribution in [0.1, 0.15) is 68.2 Å². The van der Waals surface area contributed by atoms with Crippen LogP contribution in [0.5, 0.6) is 0 Å². The minimum absolute atomic E-state index is 0.770. The topological polar surface area (TPSA) is 29.3 Å². The first-order valence-corrected chi connectivity index (χ1v) is 10.4. The van der Waals surface area contributed by atoms with Crippen LogP contribution in [0.2, 0.25) is 0 Å². The molecule has 1 saturated carbocycles. The average molecular weight is 345 g/mol. The van der Waals surface area contributed by atoms with Crippen LogP contribution in [-0.2, 0) is 6.54 Å². The molecule has 0 saturated heterocycles. The summed E-state index contributed by atoms with van der Waals surface area (Å²) in [6.07, 6.45) is 6.67. The Bertz CT molecular complexity index is 506. The zero-order valence-electron chi connectivity index (χ0n) is 17.3. The molecule has 0 aliphatic heterocycles. The molecule has 0 heterocycles. The van der Waals surface area contributed by atoms with Crippen LogP contribution in [0.4, 0.5) is 0 Å². The van der Waals surface area contributed by atoms with Gasteiger partial charge < -0.3 is 5.73 Å². The molecule has 1 aromatic rings. The molecule has 25 heavy (non-hydrogen) atoms. The van der Waals surface area contributed by atoms with E-state index in [0.717, 1.165) is 30.8 Å². The summed E-state index contributed by atoms with van der Waals surface area (Å²) >= 11 is 0. The Balaban J connectivity index is 2.06. The van der Waals surface area contributed by atoms with Crippen molar-refractivity contribution >= 4 is 0 Å². The lowest BCUT2D eigenvalue weighted by Crippen LogP contribution is -2.35. The second-order valence-corrected chi connectivity index (χ2v) is 8.71. The van der Waals surface area contributed by atoms with Crippen LogP contribution in [-0.4, -0.2) is 24.5 Å². The van der Waals surface area contributed by atoms with Gasteiger partial charge in [-0.3, -0.25) is 4.90 Å². The second kappa shape index (κ2) is 9.73. The molecule has 142 valence electrons. The summed E-state index contributed by atoms with van der Waals surface area (Å²) in [4.78, 5) is 2.74. The van der Waals surface area contributed by atoms with E-state index in [1.54, 1.807) is 5.56 Å². The molecule has 1 fully saturated rings. The smallest absolute Gasteiger partial charge is 0.0239 e. The Morgan fingerprint density at radius 3 is 2.12 bits per heavy atom. The molecular weight excluding hydrogens is 304 g/mol. The Morgan fingerprint density at radius 2 is 1.60 bits per heavy atom. The lowest BCUT2D eigenvalue weighted by molar-refractivity contribution is 0.158. The van der Waals surface area contributed by atoms with Crippen LogP contribution < -0.4 is 5.73 Å². The van der Waals surface area contributed by atoms with E-state index in [1.165, 1.54) is 61.9 Å². The van der Waals surface area contributed by atoms with Gasteiger partial charge in [0, 0.05) is 19.6 Å². The summed E-state index contributed by atoms with van der Waals surface area (Å²) < 4.78 is 0. The molecule has 2 rings (SSSR count). The normalized spacial score (nSPS) is 22.4. The van der Waals surface area contributed by atoms with E-state index >= 15 is 0 Å². The molecular formula is C23H40N2. The van der Waals surface area contributed by atoms with Crippen LogP contribution in [0.3, 0.4) is 0 Å². The summed E-state index contributed by atoms with van der Waals surface area (Å²) in [5.41, 5.74) is 11.7. The van der Waals surface area contributed by atoms with E-state index in [9.17, 15) is 0 Å². The third-order valence-corrected chi connectivity index (χ3v) is 6.30. The minimum atomic E-state index is 0.770. The van der Waals surface area contributed by atoms with Gasteiger partial charge in [0.1, 0.15) is 0 Å². The summed E-state index contributed by atoms with van der Waals surface area (Å²) in [6, 6.07) is 4.69. The van der Waals surface area contributed by atoms with E-state index in [1.807, 2.05) is 0 Å². The van der Waals surface area contributed by atoms with Crippen LogP contribution in [0.25, 0.3) is 0 Å². The Morgan fingerprint density at radius 1 is 1.04 bits per heavy atom. The van der Waals surface area contributed by atoms with E-state index in [4.69, 9.17) is 5.73 Å². The van der Waals surface area contributed by atoms with Gasteiger partial charge in [0.05, 0.1) is 0 Å². The molecule has 0 amide bonds. The predicted molar refractivity (Wildman–Crippen MR) is 110 cm³/mol. The number of hydrogen-bond acceptors (Lipinski definition) is 2. The highest BCUT2D eigenvalue weighted by Gasteiger charge is 2.23. The first-order valence-electron chi connectivity index (χ1n) is 10.4. The van der Waals surface area contributed by atoms with Gasteiger partial charge in [0.15, 0.2) is 0 Å². The molecule has 1 atom stereocenters. The van der Waals surface area contributed by atoms with Crippen molar-refractivity contribution in [2.24, 2.45) is 23.5 Å². The summed E-state index contributed by atoms with van der Waals surface area (Å²) in [6.45, 7) is 16.0. The quantitative estimate of drug-likeness (QED) is 0.700. The molecule has 0 spiro atoms. The predicted octanol–water partition coefficient (Wildman–Crippen LogP) is 5.23. The molecule has 2 heteroatoms. The molecule has 2 N–H and O–H groups in total. The highest BCUT2D eigenvalue weighted by atomic mass is 15.1. The highest BCUT2D eigenvalue weighted by molar-refractivity contribution is 5.37. The lowest BCUT2D eigenvalue weighted by Gasteiger charge is -2.34. The van der Waals surface area contributed by atoms with Gasteiger partial charge in [0.25, 0.3) is 0 Å². The number of rotatable bonds is 8. The molecule has 1 aliphatic rings. The Hall–Kier alpha value is -0.860. The molecule has 0 aromatic heterocycles. The molecule has 0 bridgehead atoms.